The van der Waals surface area contributed by atoms with Gasteiger partial charge in [0.15, 0.2) is 0 Å². The average Bonchev–Trinajstić information content (AvgIpc) is 2.45. The highest BCUT2D eigenvalue weighted by Crippen LogP contribution is 1.99. The van der Waals surface area contributed by atoms with Gasteiger partial charge in [0.25, 0.3) is 0 Å². The highest BCUT2D eigenvalue weighted by atomic mass is 16.4. The number of nitrogens with one attached hydrogen (secondary N) is 2. The summed E-state index contributed by atoms with van der Waals surface area (Å²) in [4.78, 5) is 45.0. The number of hydrogen-bond donors (Lipinski definition) is 6. The monoisotopic (exact) mass is 332 g/mol. The number of carboxylic acid groups (broad SMARTS) is 2. The van der Waals surface area contributed by atoms with Crippen LogP contribution in [0.15, 0.2) is 0 Å². The molecule has 0 saturated carbocycles. The summed E-state index contributed by atoms with van der Waals surface area (Å²) >= 11 is 0. The van der Waals surface area contributed by atoms with Crippen molar-refractivity contribution in [3.63, 3.8) is 0 Å². The molecule has 2 amide bonds. The van der Waals surface area contributed by atoms with Crippen LogP contribution in [0, 0.1) is 0 Å². The van der Waals surface area contributed by atoms with Crippen LogP contribution in [0.1, 0.15) is 32.6 Å². The summed E-state index contributed by atoms with van der Waals surface area (Å²) in [5.74, 6) is -4.19. The summed E-state index contributed by atoms with van der Waals surface area (Å²) in [6.07, 6.45) is 1.05. The fourth-order valence-electron chi connectivity index (χ4n) is 1.70. The normalized spacial score (nSPS) is 14.4. The molecule has 0 fully saturated rings. The van der Waals surface area contributed by atoms with Crippen molar-refractivity contribution in [2.45, 2.75) is 50.7 Å². The van der Waals surface area contributed by atoms with Crippen molar-refractivity contribution in [3.05, 3.63) is 0 Å². The van der Waals surface area contributed by atoms with E-state index in [0.29, 0.717) is 19.4 Å². The smallest absolute Gasteiger partial charge is 0.326 e. The maximum atomic E-state index is 11.8. The van der Waals surface area contributed by atoms with E-state index >= 15 is 0 Å². The molecule has 3 atom stereocenters. The Morgan fingerprint density at radius 2 is 1.65 bits per heavy atom. The first-order valence-corrected chi connectivity index (χ1v) is 7.20. The Labute approximate surface area is 133 Å². The van der Waals surface area contributed by atoms with Crippen LogP contribution in [-0.4, -0.2) is 58.6 Å². The third-order valence-electron chi connectivity index (χ3n) is 3.05. The molecule has 10 heteroatoms. The molecule has 0 aliphatic heterocycles. The van der Waals surface area contributed by atoms with Crippen molar-refractivity contribution in [1.82, 2.24) is 10.6 Å². The molecule has 0 rings (SSSR count). The van der Waals surface area contributed by atoms with Gasteiger partial charge >= 0.3 is 11.9 Å². The van der Waals surface area contributed by atoms with E-state index in [1.54, 1.807) is 0 Å². The molecule has 0 heterocycles. The third-order valence-corrected chi connectivity index (χ3v) is 3.05. The number of aliphatic carboxylic acids is 2. The maximum Gasteiger partial charge on any atom is 0.326 e. The van der Waals surface area contributed by atoms with Gasteiger partial charge in [0.05, 0.1) is 12.5 Å². The predicted octanol–water partition coefficient (Wildman–Crippen LogP) is -2.01. The first-order valence-electron chi connectivity index (χ1n) is 7.20. The Bertz CT molecular complexity index is 442. The van der Waals surface area contributed by atoms with Crippen LogP contribution in [0.4, 0.5) is 0 Å². The zero-order valence-corrected chi connectivity index (χ0v) is 12.9. The second-order valence-electron chi connectivity index (χ2n) is 5.12. The van der Waals surface area contributed by atoms with Gasteiger partial charge in [-0.05, 0) is 26.3 Å². The van der Waals surface area contributed by atoms with Gasteiger partial charge in [-0.15, -0.1) is 0 Å². The lowest BCUT2D eigenvalue weighted by atomic mass is 10.1. The molecular formula is C13H24N4O6. The van der Waals surface area contributed by atoms with E-state index in [1.807, 2.05) is 0 Å². The highest BCUT2D eigenvalue weighted by molar-refractivity contribution is 5.92. The SMILES string of the molecule is C[C@H](NC(=O)[C@@H](N)CCCCN)C(=O)N[C@@H](CC(=O)O)C(=O)O. The lowest BCUT2D eigenvalue weighted by Crippen LogP contribution is -2.53. The van der Waals surface area contributed by atoms with Crippen molar-refractivity contribution in [2.75, 3.05) is 6.54 Å². The molecule has 0 aromatic rings. The van der Waals surface area contributed by atoms with Crippen LogP contribution in [0.5, 0.6) is 0 Å². The highest BCUT2D eigenvalue weighted by Gasteiger charge is 2.26. The van der Waals surface area contributed by atoms with Crippen molar-refractivity contribution in [3.8, 4) is 0 Å². The number of rotatable bonds is 11. The lowest BCUT2D eigenvalue weighted by Gasteiger charge is -2.19. The van der Waals surface area contributed by atoms with Gasteiger partial charge in [0.1, 0.15) is 12.1 Å². The molecule has 0 unspecified atom stereocenters. The maximum absolute atomic E-state index is 11.8. The number of nitrogens with two attached hydrogens (primary N) is 2. The van der Waals surface area contributed by atoms with E-state index in [-0.39, 0.29) is 0 Å². The molecule has 132 valence electrons. The molecular weight excluding hydrogens is 308 g/mol. The van der Waals surface area contributed by atoms with Gasteiger partial charge in [-0.1, -0.05) is 6.42 Å². The number of amides is 2. The first-order chi connectivity index (χ1) is 10.7. The van der Waals surface area contributed by atoms with Crippen molar-refractivity contribution in [2.24, 2.45) is 11.5 Å². The molecule has 0 bridgehead atoms. The van der Waals surface area contributed by atoms with E-state index < -0.39 is 48.3 Å². The molecule has 23 heavy (non-hydrogen) atoms. The largest absolute Gasteiger partial charge is 0.481 e. The summed E-state index contributed by atoms with van der Waals surface area (Å²) in [5, 5.41) is 21.9. The summed E-state index contributed by atoms with van der Waals surface area (Å²) in [5.41, 5.74) is 11.0. The van der Waals surface area contributed by atoms with Crippen LogP contribution in [0.3, 0.4) is 0 Å². The van der Waals surface area contributed by atoms with Crippen molar-refractivity contribution in [1.29, 1.82) is 0 Å². The van der Waals surface area contributed by atoms with Gasteiger partial charge in [0.2, 0.25) is 11.8 Å². The minimum absolute atomic E-state index is 0.411. The fraction of sp³-hybridized carbons (Fsp3) is 0.692. The summed E-state index contributed by atoms with van der Waals surface area (Å²) in [6, 6.07) is -3.41. The second-order valence-corrected chi connectivity index (χ2v) is 5.12. The molecule has 10 nitrogen and oxygen atoms in total. The molecule has 0 spiro atoms. The van der Waals surface area contributed by atoms with E-state index in [9.17, 15) is 19.2 Å². The van der Waals surface area contributed by atoms with Gasteiger partial charge in [-0.3, -0.25) is 14.4 Å². The second kappa shape index (κ2) is 10.5. The molecule has 0 aliphatic rings. The molecule has 0 aliphatic carbocycles. The Balaban J connectivity index is 4.44. The van der Waals surface area contributed by atoms with Crippen LogP contribution >= 0.6 is 0 Å². The van der Waals surface area contributed by atoms with Crippen LogP contribution < -0.4 is 22.1 Å². The standard InChI is InChI=1S/C13H24N4O6/c1-7(16-12(21)8(15)4-2-3-5-14)11(20)17-9(13(22)23)6-10(18)19/h7-9H,2-6,14-15H2,1H3,(H,16,21)(H,17,20)(H,18,19)(H,22,23)/t7-,8-,9-/m0/s1. The minimum Gasteiger partial charge on any atom is -0.481 e. The molecule has 8 N–H and O–H groups in total. The molecule has 0 aromatic heterocycles. The first kappa shape index (κ1) is 20.8. The topological polar surface area (TPSA) is 185 Å². The molecule has 0 saturated heterocycles. The van der Waals surface area contributed by atoms with Gasteiger partial charge in [0, 0.05) is 0 Å². The Morgan fingerprint density at radius 1 is 1.04 bits per heavy atom. The van der Waals surface area contributed by atoms with Crippen LogP contribution in [0.25, 0.3) is 0 Å². The molecule has 0 aromatic carbocycles. The lowest BCUT2D eigenvalue weighted by molar-refractivity contribution is -0.147. The molecule has 0 radical (unpaired) electrons. The Kier molecular flexibility index (Phi) is 9.51. The summed E-state index contributed by atoms with van der Waals surface area (Å²) in [7, 11) is 0. The van der Waals surface area contributed by atoms with E-state index in [0.717, 1.165) is 6.42 Å². The quantitative estimate of drug-likeness (QED) is 0.234. The number of hydrogen-bond acceptors (Lipinski definition) is 6. The summed E-state index contributed by atoms with van der Waals surface area (Å²) < 4.78 is 0. The van der Waals surface area contributed by atoms with Gasteiger partial charge in [-0.25, -0.2) is 4.79 Å². The Hall–Kier alpha value is -2.20. The number of carbonyl (C=O) groups excluding carboxylic acids is 2. The predicted molar refractivity (Wildman–Crippen MR) is 80.3 cm³/mol. The minimum atomic E-state index is -1.57. The van der Waals surface area contributed by atoms with Gasteiger partial charge < -0.3 is 32.3 Å². The fourth-order valence-corrected chi connectivity index (χ4v) is 1.70. The number of unbranched alkanes of at least 4 members (excludes halogenated alkanes) is 1. The zero-order valence-electron chi connectivity index (χ0n) is 12.9. The van der Waals surface area contributed by atoms with Crippen molar-refractivity contribution >= 4 is 23.8 Å². The van der Waals surface area contributed by atoms with E-state index in [1.165, 1.54) is 6.92 Å². The summed E-state index contributed by atoms with van der Waals surface area (Å²) in [6.45, 7) is 1.84. The van der Waals surface area contributed by atoms with Gasteiger partial charge in [-0.2, -0.15) is 0 Å². The van der Waals surface area contributed by atoms with Crippen LogP contribution in [0.2, 0.25) is 0 Å². The Morgan fingerprint density at radius 3 is 2.13 bits per heavy atom. The zero-order chi connectivity index (χ0) is 18.0. The number of carbonyl (C=O) groups is 4. The van der Waals surface area contributed by atoms with Crippen LogP contribution in [-0.2, 0) is 19.2 Å². The third kappa shape index (κ3) is 8.73. The van der Waals surface area contributed by atoms with Crippen molar-refractivity contribution < 1.29 is 29.4 Å². The average molecular weight is 332 g/mol. The van der Waals surface area contributed by atoms with E-state index in [2.05, 4.69) is 10.6 Å². The number of carboxylic acids is 2. The van der Waals surface area contributed by atoms with E-state index in [4.69, 9.17) is 21.7 Å².